The van der Waals surface area contributed by atoms with Crippen molar-refractivity contribution in [3.8, 4) is 16.9 Å². The van der Waals surface area contributed by atoms with Gasteiger partial charge in [-0.1, -0.05) is 18.2 Å². The Hall–Kier alpha value is -2.82. The number of fused-ring (bicyclic) bond motifs is 3. The summed E-state index contributed by atoms with van der Waals surface area (Å²) in [5.41, 5.74) is 3.53. The standard InChI is InChI=1S/C18H16O5/c1-21-17(19)12-7-6-11-8-9-23-16-13(15(11)10-12)4-3-5-14(16)18(20)22-2/h3-7,10H,8-9H2,1-2H3. The van der Waals surface area contributed by atoms with Crippen molar-refractivity contribution in [3.63, 3.8) is 0 Å². The van der Waals surface area contributed by atoms with Crippen LogP contribution < -0.4 is 4.74 Å². The van der Waals surface area contributed by atoms with Crippen LogP contribution in [0.5, 0.6) is 5.75 Å². The van der Waals surface area contributed by atoms with Gasteiger partial charge in [0.15, 0.2) is 0 Å². The zero-order valence-corrected chi connectivity index (χ0v) is 12.9. The number of hydrogen-bond acceptors (Lipinski definition) is 5. The molecule has 1 aliphatic rings. The maximum atomic E-state index is 12.0. The third-order valence-electron chi connectivity index (χ3n) is 3.86. The van der Waals surface area contributed by atoms with Gasteiger partial charge in [-0.15, -0.1) is 0 Å². The van der Waals surface area contributed by atoms with Crippen molar-refractivity contribution in [3.05, 3.63) is 53.1 Å². The highest BCUT2D eigenvalue weighted by Crippen LogP contribution is 2.38. The molecule has 0 spiro atoms. The first-order valence-corrected chi connectivity index (χ1v) is 7.21. The van der Waals surface area contributed by atoms with Crippen LogP contribution in [0, 0.1) is 0 Å². The molecule has 1 heterocycles. The van der Waals surface area contributed by atoms with Crippen LogP contribution in [0.2, 0.25) is 0 Å². The molecule has 0 atom stereocenters. The smallest absolute Gasteiger partial charge is 0.341 e. The minimum absolute atomic E-state index is 0.376. The second kappa shape index (κ2) is 6.12. The molecule has 0 saturated heterocycles. The van der Waals surface area contributed by atoms with Crippen molar-refractivity contribution in [1.82, 2.24) is 0 Å². The summed E-state index contributed by atoms with van der Waals surface area (Å²) in [7, 11) is 2.68. The van der Waals surface area contributed by atoms with Gasteiger partial charge in [0.25, 0.3) is 0 Å². The molecule has 0 radical (unpaired) electrons. The third kappa shape index (κ3) is 2.65. The number of hydrogen-bond donors (Lipinski definition) is 0. The van der Waals surface area contributed by atoms with E-state index in [-0.39, 0.29) is 0 Å². The molecule has 0 amide bonds. The Morgan fingerprint density at radius 2 is 1.78 bits per heavy atom. The summed E-state index contributed by atoms with van der Waals surface area (Å²) in [6.45, 7) is 0.450. The lowest BCUT2D eigenvalue weighted by Gasteiger charge is -2.13. The van der Waals surface area contributed by atoms with Gasteiger partial charge in [-0.3, -0.25) is 0 Å². The molecule has 2 aromatic rings. The molecular weight excluding hydrogens is 296 g/mol. The predicted molar refractivity (Wildman–Crippen MR) is 83.8 cm³/mol. The van der Waals surface area contributed by atoms with E-state index in [0.717, 1.165) is 16.7 Å². The topological polar surface area (TPSA) is 61.8 Å². The summed E-state index contributed by atoms with van der Waals surface area (Å²) >= 11 is 0. The maximum absolute atomic E-state index is 12.0. The number of para-hydroxylation sites is 1. The molecule has 0 unspecified atom stereocenters. The maximum Gasteiger partial charge on any atom is 0.341 e. The number of rotatable bonds is 2. The van der Waals surface area contributed by atoms with Gasteiger partial charge in [0.05, 0.1) is 26.4 Å². The van der Waals surface area contributed by atoms with E-state index in [2.05, 4.69) is 0 Å². The van der Waals surface area contributed by atoms with Crippen LogP contribution in [0.15, 0.2) is 36.4 Å². The zero-order valence-electron chi connectivity index (χ0n) is 12.9. The predicted octanol–water partition coefficient (Wildman–Crippen LogP) is 2.86. The van der Waals surface area contributed by atoms with Crippen molar-refractivity contribution in [2.45, 2.75) is 6.42 Å². The molecule has 5 heteroatoms. The van der Waals surface area contributed by atoms with Crippen LogP contribution in [0.1, 0.15) is 26.3 Å². The largest absolute Gasteiger partial charge is 0.492 e. The quantitative estimate of drug-likeness (QED) is 0.798. The first-order valence-electron chi connectivity index (χ1n) is 7.21. The number of methoxy groups -OCH3 is 2. The van der Waals surface area contributed by atoms with E-state index >= 15 is 0 Å². The Morgan fingerprint density at radius 1 is 1.00 bits per heavy atom. The molecule has 0 aromatic heterocycles. The lowest BCUT2D eigenvalue weighted by Crippen LogP contribution is -2.06. The highest BCUT2D eigenvalue weighted by Gasteiger charge is 2.23. The third-order valence-corrected chi connectivity index (χ3v) is 3.86. The van der Waals surface area contributed by atoms with E-state index in [9.17, 15) is 9.59 Å². The van der Waals surface area contributed by atoms with Crippen molar-refractivity contribution in [2.24, 2.45) is 0 Å². The van der Waals surface area contributed by atoms with Gasteiger partial charge in [-0.25, -0.2) is 9.59 Å². The van der Waals surface area contributed by atoms with Gasteiger partial charge in [-0.05, 0) is 29.3 Å². The second-order valence-electron chi connectivity index (χ2n) is 5.14. The molecular formula is C18H16O5. The van der Waals surface area contributed by atoms with E-state index < -0.39 is 11.9 Å². The summed E-state index contributed by atoms with van der Waals surface area (Å²) in [5, 5.41) is 0. The van der Waals surface area contributed by atoms with Crippen molar-refractivity contribution >= 4 is 11.9 Å². The van der Waals surface area contributed by atoms with Crippen molar-refractivity contribution in [1.29, 1.82) is 0 Å². The number of carbonyl (C=O) groups is 2. The number of esters is 2. The van der Waals surface area contributed by atoms with Crippen LogP contribution in [0.4, 0.5) is 0 Å². The van der Waals surface area contributed by atoms with E-state index in [0.29, 0.717) is 29.9 Å². The van der Waals surface area contributed by atoms with Gasteiger partial charge >= 0.3 is 11.9 Å². The highest BCUT2D eigenvalue weighted by atomic mass is 16.5. The molecule has 0 aliphatic carbocycles. The Balaban J connectivity index is 2.20. The number of benzene rings is 2. The molecule has 118 valence electrons. The lowest BCUT2D eigenvalue weighted by molar-refractivity contribution is 0.0589. The fraction of sp³-hybridized carbons (Fsp3) is 0.222. The molecule has 3 rings (SSSR count). The minimum Gasteiger partial charge on any atom is -0.492 e. The summed E-state index contributed by atoms with van der Waals surface area (Å²) in [5.74, 6) is -0.363. The second-order valence-corrected chi connectivity index (χ2v) is 5.14. The van der Waals surface area contributed by atoms with Gasteiger partial charge < -0.3 is 14.2 Å². The van der Waals surface area contributed by atoms with E-state index in [4.69, 9.17) is 14.2 Å². The highest BCUT2D eigenvalue weighted by molar-refractivity contribution is 5.97. The van der Waals surface area contributed by atoms with E-state index in [1.807, 2.05) is 12.1 Å². The van der Waals surface area contributed by atoms with E-state index in [1.165, 1.54) is 14.2 Å². The fourth-order valence-electron chi connectivity index (χ4n) is 2.73. The molecule has 1 aliphatic heterocycles. The van der Waals surface area contributed by atoms with Crippen LogP contribution >= 0.6 is 0 Å². The molecule has 0 N–H and O–H groups in total. The first-order chi connectivity index (χ1) is 11.2. The van der Waals surface area contributed by atoms with Gasteiger partial charge in [0.1, 0.15) is 11.3 Å². The van der Waals surface area contributed by atoms with Crippen LogP contribution in [0.25, 0.3) is 11.1 Å². The average molecular weight is 312 g/mol. The zero-order chi connectivity index (χ0) is 16.4. The van der Waals surface area contributed by atoms with Gasteiger partial charge in [0, 0.05) is 12.0 Å². The van der Waals surface area contributed by atoms with Crippen LogP contribution in [0.3, 0.4) is 0 Å². The van der Waals surface area contributed by atoms with Gasteiger partial charge in [0.2, 0.25) is 0 Å². The summed E-state index contributed by atoms with van der Waals surface area (Å²) < 4.78 is 15.4. The summed E-state index contributed by atoms with van der Waals surface area (Å²) in [6, 6.07) is 10.7. The Labute approximate surface area is 133 Å². The van der Waals surface area contributed by atoms with Crippen LogP contribution in [-0.4, -0.2) is 32.8 Å². The van der Waals surface area contributed by atoms with Crippen molar-refractivity contribution < 1.29 is 23.8 Å². The summed E-state index contributed by atoms with van der Waals surface area (Å²) in [4.78, 5) is 23.7. The van der Waals surface area contributed by atoms with Gasteiger partial charge in [-0.2, -0.15) is 0 Å². The molecule has 2 aromatic carbocycles. The number of carbonyl (C=O) groups excluding carboxylic acids is 2. The van der Waals surface area contributed by atoms with E-state index in [1.54, 1.807) is 24.3 Å². The Morgan fingerprint density at radius 3 is 2.52 bits per heavy atom. The lowest BCUT2D eigenvalue weighted by atomic mass is 9.94. The normalized spacial score (nSPS) is 12.3. The molecule has 0 fully saturated rings. The SMILES string of the molecule is COC(=O)c1ccc2c(c1)-c1cccc(C(=O)OC)c1OCC2. The monoisotopic (exact) mass is 312 g/mol. The molecule has 23 heavy (non-hydrogen) atoms. The Kier molecular flexibility index (Phi) is 4.02. The number of ether oxygens (including phenoxy) is 3. The molecule has 0 saturated carbocycles. The molecule has 5 nitrogen and oxygen atoms in total. The molecule has 0 bridgehead atoms. The first kappa shape index (κ1) is 15.1. The van der Waals surface area contributed by atoms with Crippen molar-refractivity contribution in [2.75, 3.05) is 20.8 Å². The van der Waals surface area contributed by atoms with Crippen LogP contribution in [-0.2, 0) is 15.9 Å². The minimum atomic E-state index is -0.450. The fourth-order valence-corrected chi connectivity index (χ4v) is 2.73. The summed E-state index contributed by atoms with van der Waals surface area (Å²) in [6.07, 6.45) is 0.687. The Bertz CT molecular complexity index is 779. The average Bonchev–Trinajstić information content (AvgIpc) is 2.78.